The Balaban J connectivity index is 1.53. The number of halogens is 6. The van der Waals surface area contributed by atoms with E-state index in [-0.39, 0.29) is 37.1 Å². The van der Waals surface area contributed by atoms with Crippen LogP contribution >= 0.6 is 23.2 Å². The number of hydrogen-bond donors (Lipinski definition) is 2. The Kier molecular flexibility index (Phi) is 6.54. The lowest BCUT2D eigenvalue weighted by Gasteiger charge is -2.30. The third-order valence-corrected chi connectivity index (χ3v) is 6.26. The van der Waals surface area contributed by atoms with E-state index in [1.165, 1.54) is 19.3 Å². The Hall–Kier alpha value is -3.12. The van der Waals surface area contributed by atoms with Gasteiger partial charge in [-0.15, -0.1) is 0 Å². The third-order valence-electron chi connectivity index (χ3n) is 5.71. The molecular weight excluding hydrogens is 517 g/mol. The molecule has 186 valence electrons. The van der Waals surface area contributed by atoms with Crippen LogP contribution < -0.4 is 10.6 Å². The number of carbonyl (C=O) groups excluding carboxylic acids is 2. The molecule has 2 aliphatic rings. The molecule has 2 amide bonds. The number of fused-ring (bicyclic) bond motifs is 1. The Bertz CT molecular complexity index is 1220. The summed E-state index contributed by atoms with van der Waals surface area (Å²) < 4.78 is 56.4. The summed E-state index contributed by atoms with van der Waals surface area (Å²) in [7, 11) is 1.43. The van der Waals surface area contributed by atoms with E-state index < -0.39 is 45.5 Å². The fourth-order valence-electron chi connectivity index (χ4n) is 3.77. The Labute approximate surface area is 206 Å². The van der Waals surface area contributed by atoms with Gasteiger partial charge in [0.2, 0.25) is 5.91 Å². The van der Waals surface area contributed by atoms with Crippen LogP contribution in [0.15, 0.2) is 29.6 Å². The van der Waals surface area contributed by atoms with Crippen molar-refractivity contribution < 1.29 is 32.0 Å². The monoisotopic (exact) mass is 533 g/mol. The number of nitrogens with zero attached hydrogens (tertiary/aromatic N) is 3. The number of amidine groups is 1. The molecule has 1 aromatic carbocycles. The first-order valence-corrected chi connectivity index (χ1v) is 10.9. The number of rotatable bonds is 4. The van der Waals surface area contributed by atoms with E-state index in [4.69, 9.17) is 28.0 Å². The Morgan fingerprint density at radius 1 is 1.17 bits per heavy atom. The van der Waals surface area contributed by atoms with E-state index in [0.717, 1.165) is 12.1 Å². The van der Waals surface area contributed by atoms with Crippen LogP contribution in [-0.4, -0.2) is 47.3 Å². The van der Waals surface area contributed by atoms with Gasteiger partial charge in [0.25, 0.3) is 11.5 Å². The third kappa shape index (κ3) is 4.59. The van der Waals surface area contributed by atoms with Crippen LogP contribution in [0.2, 0.25) is 10.0 Å². The predicted octanol–water partition coefficient (Wildman–Crippen LogP) is 3.51. The highest BCUT2D eigenvalue weighted by atomic mass is 35.5. The molecule has 1 aromatic heterocycles. The van der Waals surface area contributed by atoms with Gasteiger partial charge < -0.3 is 20.4 Å². The minimum atomic E-state index is -4.92. The van der Waals surface area contributed by atoms with Crippen molar-refractivity contribution in [1.82, 2.24) is 20.5 Å². The van der Waals surface area contributed by atoms with Crippen molar-refractivity contribution in [3.05, 3.63) is 62.6 Å². The van der Waals surface area contributed by atoms with E-state index in [2.05, 4.69) is 20.8 Å². The summed E-state index contributed by atoms with van der Waals surface area (Å²) in [6.45, 7) is 0.101. The van der Waals surface area contributed by atoms with Gasteiger partial charge in [0.1, 0.15) is 11.5 Å². The number of aromatic nitrogens is 1. The summed E-state index contributed by atoms with van der Waals surface area (Å²) in [5.41, 5.74) is -1.98. The van der Waals surface area contributed by atoms with E-state index >= 15 is 0 Å². The fraction of sp³-hybridized carbons (Fsp3) is 0.333. The Morgan fingerprint density at radius 3 is 2.46 bits per heavy atom. The molecule has 0 bridgehead atoms. The number of carbonyl (C=O) groups is 2. The molecule has 2 aromatic rings. The van der Waals surface area contributed by atoms with Crippen molar-refractivity contribution in [2.24, 2.45) is 5.16 Å². The predicted molar refractivity (Wildman–Crippen MR) is 117 cm³/mol. The molecule has 1 unspecified atom stereocenters. The fourth-order valence-corrected chi connectivity index (χ4v) is 4.26. The number of amides is 2. The number of hydrogen-bond acceptors (Lipinski definition) is 6. The number of oxime groups is 1. The quantitative estimate of drug-likeness (QED) is 0.463. The van der Waals surface area contributed by atoms with Crippen LogP contribution in [0.25, 0.3) is 0 Å². The van der Waals surface area contributed by atoms with Crippen LogP contribution in [0.4, 0.5) is 17.6 Å². The van der Waals surface area contributed by atoms with Gasteiger partial charge >= 0.3 is 6.18 Å². The van der Waals surface area contributed by atoms with Crippen LogP contribution in [0.3, 0.4) is 0 Å². The van der Waals surface area contributed by atoms with Gasteiger partial charge in [-0.05, 0) is 29.3 Å². The van der Waals surface area contributed by atoms with E-state index in [1.807, 2.05) is 0 Å². The largest absolute Gasteiger partial charge is 0.435 e. The van der Waals surface area contributed by atoms with Crippen LogP contribution in [0.5, 0.6) is 0 Å². The first-order chi connectivity index (χ1) is 16.4. The SMILES string of the molecule is CNC(=O)CNC(=O)c1cc2c(cn1)CN(C1=NOC(c3cc(Cl)c(F)c(Cl)c3)(C(F)(F)F)C1)C2. The minimum Gasteiger partial charge on any atom is -0.372 e. The number of pyridine rings is 1. The van der Waals surface area contributed by atoms with E-state index in [9.17, 15) is 27.2 Å². The van der Waals surface area contributed by atoms with Crippen molar-refractivity contribution >= 4 is 40.9 Å². The van der Waals surface area contributed by atoms with Gasteiger partial charge in [-0.25, -0.2) is 4.39 Å². The zero-order valence-electron chi connectivity index (χ0n) is 18.0. The topological polar surface area (TPSA) is 95.9 Å². The smallest absolute Gasteiger partial charge is 0.372 e. The molecule has 8 nitrogen and oxygen atoms in total. The molecule has 2 aliphatic heterocycles. The maximum Gasteiger partial charge on any atom is 0.435 e. The Morgan fingerprint density at radius 2 is 1.83 bits per heavy atom. The highest BCUT2D eigenvalue weighted by Crippen LogP contribution is 2.50. The molecule has 0 spiro atoms. The lowest BCUT2D eigenvalue weighted by molar-refractivity contribution is -0.275. The summed E-state index contributed by atoms with van der Waals surface area (Å²) in [5, 5.41) is 7.34. The second kappa shape index (κ2) is 9.15. The van der Waals surface area contributed by atoms with Gasteiger partial charge in [0.15, 0.2) is 5.82 Å². The van der Waals surface area contributed by atoms with Crippen molar-refractivity contribution in [2.75, 3.05) is 13.6 Å². The van der Waals surface area contributed by atoms with Crippen molar-refractivity contribution in [1.29, 1.82) is 0 Å². The van der Waals surface area contributed by atoms with Crippen molar-refractivity contribution in [3.63, 3.8) is 0 Å². The van der Waals surface area contributed by atoms with Crippen LogP contribution in [0, 0.1) is 5.82 Å². The van der Waals surface area contributed by atoms with Gasteiger partial charge in [0.05, 0.1) is 23.0 Å². The number of alkyl halides is 3. The van der Waals surface area contributed by atoms with E-state index in [1.54, 1.807) is 4.90 Å². The molecule has 0 saturated heterocycles. The lowest BCUT2D eigenvalue weighted by atomic mass is 9.89. The number of likely N-dealkylation sites (N-methyl/N-ethyl adjacent to an activating group) is 1. The maximum atomic E-state index is 14.2. The zero-order chi connectivity index (χ0) is 25.5. The second-order valence-electron chi connectivity index (χ2n) is 7.90. The summed E-state index contributed by atoms with van der Waals surface area (Å²) in [5.74, 6) is -1.99. The average Bonchev–Trinajstić information content (AvgIpc) is 3.45. The molecule has 14 heteroatoms. The first-order valence-electron chi connectivity index (χ1n) is 10.1. The molecule has 35 heavy (non-hydrogen) atoms. The van der Waals surface area contributed by atoms with Gasteiger partial charge in [0, 0.05) is 31.9 Å². The molecule has 3 heterocycles. The molecule has 4 rings (SSSR count). The van der Waals surface area contributed by atoms with E-state index in [0.29, 0.717) is 11.1 Å². The molecule has 0 aliphatic carbocycles. The molecule has 2 N–H and O–H groups in total. The first kappa shape index (κ1) is 25.0. The molecule has 0 fully saturated rings. The summed E-state index contributed by atoms with van der Waals surface area (Å²) >= 11 is 11.5. The van der Waals surface area contributed by atoms with Crippen molar-refractivity contribution in [3.8, 4) is 0 Å². The summed E-state index contributed by atoms with van der Waals surface area (Å²) in [6.07, 6.45) is -4.18. The lowest BCUT2D eigenvalue weighted by Crippen LogP contribution is -2.44. The highest BCUT2D eigenvalue weighted by Gasteiger charge is 2.63. The van der Waals surface area contributed by atoms with Gasteiger partial charge in [-0.1, -0.05) is 28.4 Å². The number of benzene rings is 1. The van der Waals surface area contributed by atoms with Gasteiger partial charge in [-0.3, -0.25) is 14.6 Å². The summed E-state index contributed by atoms with van der Waals surface area (Å²) in [6, 6.07) is 3.14. The maximum absolute atomic E-state index is 14.2. The second-order valence-corrected chi connectivity index (χ2v) is 8.72. The molecule has 0 saturated carbocycles. The normalized spacial score (nSPS) is 19.2. The highest BCUT2D eigenvalue weighted by molar-refractivity contribution is 6.35. The van der Waals surface area contributed by atoms with Crippen LogP contribution in [-0.2, 0) is 28.3 Å². The zero-order valence-corrected chi connectivity index (χ0v) is 19.5. The van der Waals surface area contributed by atoms with Gasteiger partial charge in [-0.2, -0.15) is 13.2 Å². The average molecular weight is 534 g/mol. The molecular formula is C21H17Cl2F4N5O3. The standard InChI is InChI=1S/C21H17Cl2F4N5O3/c1-28-17(33)7-30-19(34)15-2-10-8-32(9-11(10)6-29-15)16-5-20(35-31-16,21(25,26)27)12-3-13(22)18(24)14(23)4-12/h2-4,6H,5,7-9H2,1H3,(H,28,33)(H,30,34). The minimum absolute atomic E-state index is 0.000660. The molecule has 0 radical (unpaired) electrons. The number of nitrogens with one attached hydrogen (secondary N) is 2. The summed E-state index contributed by atoms with van der Waals surface area (Å²) in [4.78, 5) is 34.1. The molecule has 1 atom stereocenters. The van der Waals surface area contributed by atoms with Crippen LogP contribution in [0.1, 0.15) is 33.6 Å². The van der Waals surface area contributed by atoms with Crippen molar-refractivity contribution in [2.45, 2.75) is 31.3 Å².